The average molecular weight is 378 g/mol. The number of aromatic nitrogens is 1. The molecule has 3 aromatic rings. The van der Waals surface area contributed by atoms with Crippen molar-refractivity contribution >= 4 is 17.2 Å². The lowest BCUT2D eigenvalue weighted by atomic mass is 9.98. The topological polar surface area (TPSA) is 34.5 Å². The second-order valence-electron chi connectivity index (χ2n) is 7.15. The smallest absolute Gasteiger partial charge is 0.226 e. The van der Waals surface area contributed by atoms with Crippen LogP contribution in [0.4, 0.5) is 0 Å². The third kappa shape index (κ3) is 3.01. The highest BCUT2D eigenvalue weighted by Crippen LogP contribution is 2.37. The van der Waals surface area contributed by atoms with Crippen LogP contribution in [0.2, 0.25) is 0 Å². The van der Waals surface area contributed by atoms with Crippen LogP contribution in [0.25, 0.3) is 0 Å². The molecule has 0 N–H and O–H groups in total. The summed E-state index contributed by atoms with van der Waals surface area (Å²) in [6.07, 6.45) is 3.37. The van der Waals surface area contributed by atoms with Crippen LogP contribution in [0, 0.1) is 0 Å². The molecule has 0 bridgehead atoms. The summed E-state index contributed by atoms with van der Waals surface area (Å²) in [7, 11) is 0. The summed E-state index contributed by atoms with van der Waals surface area (Å²) in [5.74, 6) is 0.169. The first kappa shape index (κ1) is 16.8. The summed E-state index contributed by atoms with van der Waals surface area (Å²) in [6.45, 7) is 2.27. The van der Waals surface area contributed by atoms with E-state index in [-0.39, 0.29) is 18.1 Å². The SMILES string of the molecule is O=C(C[C@H]1OCCc2ccsc21)N1CCn2cccc2[C@H]1c1ccccc1. The molecule has 2 aliphatic rings. The van der Waals surface area contributed by atoms with Gasteiger partial charge in [0.25, 0.3) is 0 Å². The van der Waals surface area contributed by atoms with E-state index in [1.807, 2.05) is 23.1 Å². The Morgan fingerprint density at radius 1 is 1.11 bits per heavy atom. The molecule has 0 saturated heterocycles. The van der Waals surface area contributed by atoms with Gasteiger partial charge < -0.3 is 14.2 Å². The molecule has 2 aliphatic heterocycles. The zero-order chi connectivity index (χ0) is 18.2. The molecule has 0 radical (unpaired) electrons. The third-order valence-corrected chi connectivity index (χ3v) is 6.65. The number of carbonyl (C=O) groups is 1. The van der Waals surface area contributed by atoms with E-state index in [0.717, 1.165) is 25.1 Å². The van der Waals surface area contributed by atoms with E-state index < -0.39 is 0 Å². The first-order chi connectivity index (χ1) is 13.3. The van der Waals surface area contributed by atoms with Gasteiger partial charge in [-0.3, -0.25) is 4.79 Å². The molecular weight excluding hydrogens is 356 g/mol. The van der Waals surface area contributed by atoms with Crippen LogP contribution in [0.3, 0.4) is 0 Å². The van der Waals surface area contributed by atoms with Crippen molar-refractivity contribution in [2.45, 2.75) is 31.5 Å². The van der Waals surface area contributed by atoms with Gasteiger partial charge in [0.15, 0.2) is 0 Å². The van der Waals surface area contributed by atoms with E-state index in [2.05, 4.69) is 46.5 Å². The number of fused-ring (bicyclic) bond motifs is 2. The third-order valence-electron chi connectivity index (χ3n) is 5.60. The molecule has 2 atom stereocenters. The number of hydrogen-bond acceptors (Lipinski definition) is 3. The highest BCUT2D eigenvalue weighted by Gasteiger charge is 2.34. The Morgan fingerprint density at radius 3 is 2.89 bits per heavy atom. The zero-order valence-electron chi connectivity index (χ0n) is 15.1. The fourth-order valence-corrected chi connectivity index (χ4v) is 5.29. The summed E-state index contributed by atoms with van der Waals surface area (Å²) in [6, 6.07) is 16.7. The molecule has 1 amide bonds. The van der Waals surface area contributed by atoms with Gasteiger partial charge in [-0.2, -0.15) is 0 Å². The predicted molar refractivity (Wildman–Crippen MR) is 106 cm³/mol. The van der Waals surface area contributed by atoms with Gasteiger partial charge in [-0.05, 0) is 41.1 Å². The van der Waals surface area contributed by atoms with Crippen LogP contribution in [-0.2, 0) is 22.5 Å². The minimum absolute atomic E-state index is 0.0335. The lowest BCUT2D eigenvalue weighted by Crippen LogP contribution is -2.43. The van der Waals surface area contributed by atoms with Crippen LogP contribution in [-0.4, -0.2) is 28.5 Å². The zero-order valence-corrected chi connectivity index (χ0v) is 15.9. The number of amides is 1. The van der Waals surface area contributed by atoms with Gasteiger partial charge in [0.2, 0.25) is 5.91 Å². The van der Waals surface area contributed by atoms with Gasteiger partial charge in [-0.15, -0.1) is 11.3 Å². The summed E-state index contributed by atoms with van der Waals surface area (Å²) in [5.41, 5.74) is 3.69. The van der Waals surface area contributed by atoms with E-state index in [4.69, 9.17) is 4.74 Å². The van der Waals surface area contributed by atoms with Crippen molar-refractivity contribution in [2.75, 3.05) is 13.2 Å². The highest BCUT2D eigenvalue weighted by atomic mass is 32.1. The Balaban J connectivity index is 1.44. The lowest BCUT2D eigenvalue weighted by Gasteiger charge is -2.38. The maximum atomic E-state index is 13.4. The van der Waals surface area contributed by atoms with Crippen molar-refractivity contribution in [3.05, 3.63) is 81.8 Å². The molecule has 4 nitrogen and oxygen atoms in total. The van der Waals surface area contributed by atoms with Crippen molar-refractivity contribution < 1.29 is 9.53 Å². The number of benzene rings is 1. The molecule has 0 unspecified atom stereocenters. The van der Waals surface area contributed by atoms with E-state index >= 15 is 0 Å². The van der Waals surface area contributed by atoms with Gasteiger partial charge >= 0.3 is 0 Å². The van der Waals surface area contributed by atoms with Gasteiger partial charge in [0, 0.05) is 29.9 Å². The van der Waals surface area contributed by atoms with E-state index in [9.17, 15) is 4.79 Å². The Morgan fingerprint density at radius 2 is 2.00 bits per heavy atom. The van der Waals surface area contributed by atoms with Gasteiger partial charge in [0.05, 0.1) is 19.1 Å². The molecule has 0 fully saturated rings. The molecule has 4 heterocycles. The Hall–Kier alpha value is -2.37. The van der Waals surface area contributed by atoms with Gasteiger partial charge in [-0.1, -0.05) is 30.3 Å². The molecule has 2 aromatic heterocycles. The Kier molecular flexibility index (Phi) is 4.34. The maximum Gasteiger partial charge on any atom is 0.226 e. The number of rotatable bonds is 3. The maximum absolute atomic E-state index is 13.4. The monoisotopic (exact) mass is 378 g/mol. The van der Waals surface area contributed by atoms with Crippen molar-refractivity contribution in [2.24, 2.45) is 0 Å². The van der Waals surface area contributed by atoms with E-state index in [1.165, 1.54) is 16.1 Å². The summed E-state index contributed by atoms with van der Waals surface area (Å²) in [4.78, 5) is 16.6. The largest absolute Gasteiger partial charge is 0.372 e. The minimum atomic E-state index is -0.105. The molecule has 0 saturated carbocycles. The van der Waals surface area contributed by atoms with E-state index in [1.54, 1.807) is 11.3 Å². The summed E-state index contributed by atoms with van der Waals surface area (Å²) < 4.78 is 8.24. The van der Waals surface area contributed by atoms with Crippen molar-refractivity contribution in [1.29, 1.82) is 0 Å². The van der Waals surface area contributed by atoms with E-state index in [0.29, 0.717) is 13.0 Å². The average Bonchev–Trinajstić information content (AvgIpc) is 3.37. The van der Waals surface area contributed by atoms with Crippen LogP contribution in [0.15, 0.2) is 60.1 Å². The number of nitrogens with zero attached hydrogens (tertiary/aromatic N) is 2. The molecule has 27 heavy (non-hydrogen) atoms. The number of hydrogen-bond donors (Lipinski definition) is 0. The molecule has 0 spiro atoms. The van der Waals surface area contributed by atoms with Crippen LogP contribution >= 0.6 is 11.3 Å². The molecule has 138 valence electrons. The number of ether oxygens (including phenoxy) is 1. The van der Waals surface area contributed by atoms with Crippen molar-refractivity contribution in [3.8, 4) is 0 Å². The first-order valence-electron chi connectivity index (χ1n) is 9.48. The number of carbonyl (C=O) groups excluding carboxylic acids is 1. The molecular formula is C22H22N2O2S. The molecule has 5 rings (SSSR count). The Bertz CT molecular complexity index is 946. The standard InChI is InChI=1S/C22H22N2O2S/c25-20(15-19-22-17(8-13-26-19)9-14-27-22)24-12-11-23-10-4-7-18(23)21(24)16-5-2-1-3-6-16/h1-7,9-10,14,19,21H,8,11-13,15H2/t19-,21-/m1/s1. The second-order valence-corrected chi connectivity index (χ2v) is 8.10. The Labute approximate surface area is 163 Å². The normalized spacial score (nSPS) is 21.6. The first-order valence-corrected chi connectivity index (χ1v) is 10.4. The van der Waals surface area contributed by atoms with Crippen molar-refractivity contribution in [1.82, 2.24) is 9.47 Å². The van der Waals surface area contributed by atoms with Crippen LogP contribution in [0.1, 0.15) is 40.3 Å². The molecule has 1 aromatic carbocycles. The van der Waals surface area contributed by atoms with Gasteiger partial charge in [-0.25, -0.2) is 0 Å². The van der Waals surface area contributed by atoms with Crippen molar-refractivity contribution in [3.63, 3.8) is 0 Å². The summed E-state index contributed by atoms with van der Waals surface area (Å²) >= 11 is 1.71. The van der Waals surface area contributed by atoms with Crippen LogP contribution in [0.5, 0.6) is 0 Å². The quantitative estimate of drug-likeness (QED) is 0.685. The lowest BCUT2D eigenvalue weighted by molar-refractivity contribution is -0.137. The highest BCUT2D eigenvalue weighted by molar-refractivity contribution is 7.10. The molecule has 0 aliphatic carbocycles. The fraction of sp³-hybridized carbons (Fsp3) is 0.318. The number of thiophene rings is 1. The molecule has 5 heteroatoms. The predicted octanol–water partition coefficient (Wildman–Crippen LogP) is 4.19. The fourth-order valence-electron chi connectivity index (χ4n) is 4.29. The van der Waals surface area contributed by atoms with Gasteiger partial charge in [0.1, 0.15) is 6.10 Å². The minimum Gasteiger partial charge on any atom is -0.372 e. The summed E-state index contributed by atoms with van der Waals surface area (Å²) in [5, 5.41) is 2.11. The van der Waals surface area contributed by atoms with Crippen LogP contribution < -0.4 is 0 Å². The second kappa shape index (κ2) is 6.98.